The van der Waals surface area contributed by atoms with Gasteiger partial charge in [-0.15, -0.1) is 11.3 Å². The standard InChI is InChI=1S/C27H18OS/c1-27(2)21-11-19-15-7-3-5-9-23(15)28-24(19)13-17(21)18-14-26-20(12-22(18)27)16-8-4-6-10-25(16)29-26/h3-14H,1-2H3. The lowest BCUT2D eigenvalue weighted by molar-refractivity contribution is 0.658. The molecule has 0 fully saturated rings. The molecule has 29 heavy (non-hydrogen) atoms. The number of para-hydroxylation sites is 1. The highest BCUT2D eigenvalue weighted by atomic mass is 32.1. The molecule has 0 amide bonds. The Hall–Kier alpha value is -3.10. The van der Waals surface area contributed by atoms with Gasteiger partial charge in [0.15, 0.2) is 0 Å². The molecule has 6 aromatic rings. The molecule has 2 heteroatoms. The van der Waals surface area contributed by atoms with Gasteiger partial charge in [0.2, 0.25) is 0 Å². The summed E-state index contributed by atoms with van der Waals surface area (Å²) in [5.74, 6) is 0. The van der Waals surface area contributed by atoms with Gasteiger partial charge in [-0.3, -0.25) is 0 Å². The van der Waals surface area contributed by atoms with Gasteiger partial charge in [-0.1, -0.05) is 50.2 Å². The lowest BCUT2D eigenvalue weighted by Gasteiger charge is -2.21. The minimum Gasteiger partial charge on any atom is -0.456 e. The molecule has 0 N–H and O–H groups in total. The van der Waals surface area contributed by atoms with Crippen LogP contribution in [-0.2, 0) is 5.41 Å². The van der Waals surface area contributed by atoms with Crippen molar-refractivity contribution >= 4 is 53.4 Å². The molecule has 0 saturated heterocycles. The van der Waals surface area contributed by atoms with Gasteiger partial charge in [-0.2, -0.15) is 0 Å². The summed E-state index contributed by atoms with van der Waals surface area (Å²) in [5.41, 5.74) is 7.39. The van der Waals surface area contributed by atoms with Gasteiger partial charge in [-0.05, 0) is 58.7 Å². The van der Waals surface area contributed by atoms with E-state index in [9.17, 15) is 0 Å². The molecular weight excluding hydrogens is 372 g/mol. The molecule has 0 atom stereocenters. The molecule has 0 saturated carbocycles. The predicted octanol–water partition coefficient (Wildman–Crippen LogP) is 8.26. The van der Waals surface area contributed by atoms with Gasteiger partial charge in [-0.25, -0.2) is 0 Å². The summed E-state index contributed by atoms with van der Waals surface area (Å²) in [6.07, 6.45) is 0. The van der Waals surface area contributed by atoms with Crippen molar-refractivity contribution < 1.29 is 4.42 Å². The summed E-state index contributed by atoms with van der Waals surface area (Å²) in [6.45, 7) is 4.71. The Morgan fingerprint density at radius 1 is 0.621 bits per heavy atom. The maximum atomic E-state index is 6.20. The van der Waals surface area contributed by atoms with Gasteiger partial charge in [0, 0.05) is 36.4 Å². The summed E-state index contributed by atoms with van der Waals surface area (Å²) < 4.78 is 8.92. The van der Waals surface area contributed by atoms with E-state index in [1.807, 2.05) is 17.4 Å². The molecule has 0 unspecified atom stereocenters. The van der Waals surface area contributed by atoms with E-state index in [0.29, 0.717) is 0 Å². The molecule has 1 aliphatic carbocycles. The van der Waals surface area contributed by atoms with Crippen molar-refractivity contribution in [3.8, 4) is 11.1 Å². The van der Waals surface area contributed by atoms with Gasteiger partial charge in [0.1, 0.15) is 11.2 Å². The van der Waals surface area contributed by atoms with E-state index in [1.54, 1.807) is 0 Å². The van der Waals surface area contributed by atoms with E-state index in [2.05, 4.69) is 80.6 Å². The van der Waals surface area contributed by atoms with Crippen LogP contribution in [0.2, 0.25) is 0 Å². The van der Waals surface area contributed by atoms with Crippen molar-refractivity contribution in [3.05, 3.63) is 83.9 Å². The minimum atomic E-state index is -0.0333. The third-order valence-corrected chi connectivity index (χ3v) is 7.80. The number of hydrogen-bond acceptors (Lipinski definition) is 2. The Bertz CT molecular complexity index is 1510. The van der Waals surface area contributed by atoms with Crippen molar-refractivity contribution in [3.63, 3.8) is 0 Å². The summed E-state index contributed by atoms with van der Waals surface area (Å²) in [6, 6.07) is 26.5. The third-order valence-electron chi connectivity index (χ3n) is 6.67. The number of furan rings is 1. The van der Waals surface area contributed by atoms with Crippen molar-refractivity contribution in [2.45, 2.75) is 19.3 Å². The molecule has 7 rings (SSSR count). The van der Waals surface area contributed by atoms with Crippen molar-refractivity contribution in [2.75, 3.05) is 0 Å². The smallest absolute Gasteiger partial charge is 0.136 e. The van der Waals surface area contributed by atoms with Crippen LogP contribution in [0, 0.1) is 0 Å². The molecule has 2 aromatic heterocycles. The summed E-state index contributed by atoms with van der Waals surface area (Å²) in [7, 11) is 0. The molecular formula is C27H18OS. The first-order valence-corrected chi connectivity index (χ1v) is 10.8. The number of fused-ring (bicyclic) bond motifs is 9. The molecule has 138 valence electrons. The van der Waals surface area contributed by atoms with Gasteiger partial charge >= 0.3 is 0 Å². The number of rotatable bonds is 0. The molecule has 0 spiro atoms. The molecule has 0 bridgehead atoms. The number of thiophene rings is 1. The molecule has 0 radical (unpaired) electrons. The zero-order valence-corrected chi connectivity index (χ0v) is 17.1. The van der Waals surface area contributed by atoms with Crippen LogP contribution < -0.4 is 0 Å². The second-order valence-electron chi connectivity index (χ2n) is 8.61. The van der Waals surface area contributed by atoms with Crippen LogP contribution in [0.4, 0.5) is 0 Å². The van der Waals surface area contributed by atoms with Gasteiger partial charge < -0.3 is 4.42 Å². The maximum Gasteiger partial charge on any atom is 0.136 e. The number of hydrogen-bond donors (Lipinski definition) is 0. The predicted molar refractivity (Wildman–Crippen MR) is 124 cm³/mol. The van der Waals surface area contributed by atoms with Crippen molar-refractivity contribution in [2.24, 2.45) is 0 Å². The SMILES string of the molecule is CC1(C)c2cc3c(cc2-c2cc4sc5ccccc5c4cc21)oc1ccccc13. The van der Waals surface area contributed by atoms with Gasteiger partial charge in [0.05, 0.1) is 0 Å². The van der Waals surface area contributed by atoms with E-state index in [-0.39, 0.29) is 5.41 Å². The van der Waals surface area contributed by atoms with E-state index < -0.39 is 0 Å². The topological polar surface area (TPSA) is 13.1 Å². The van der Waals surface area contributed by atoms with Crippen LogP contribution in [0.25, 0.3) is 53.2 Å². The Balaban J connectivity index is 1.60. The first-order valence-electron chi connectivity index (χ1n) is 10.0. The lowest BCUT2D eigenvalue weighted by Crippen LogP contribution is -2.14. The van der Waals surface area contributed by atoms with Crippen molar-refractivity contribution in [1.82, 2.24) is 0 Å². The Labute approximate surface area is 172 Å². The molecule has 2 heterocycles. The highest BCUT2D eigenvalue weighted by molar-refractivity contribution is 7.25. The Morgan fingerprint density at radius 2 is 1.31 bits per heavy atom. The highest BCUT2D eigenvalue weighted by Gasteiger charge is 2.37. The average molecular weight is 391 g/mol. The average Bonchev–Trinajstić information content (AvgIpc) is 3.34. The summed E-state index contributed by atoms with van der Waals surface area (Å²) in [4.78, 5) is 0. The third kappa shape index (κ3) is 1.90. The van der Waals surface area contributed by atoms with Crippen LogP contribution in [-0.4, -0.2) is 0 Å². The zero-order chi connectivity index (χ0) is 19.3. The Morgan fingerprint density at radius 3 is 2.17 bits per heavy atom. The fourth-order valence-corrected chi connectivity index (χ4v) is 6.29. The Kier molecular flexibility index (Phi) is 2.77. The zero-order valence-electron chi connectivity index (χ0n) is 16.2. The van der Waals surface area contributed by atoms with Crippen LogP contribution in [0.5, 0.6) is 0 Å². The quantitative estimate of drug-likeness (QED) is 0.254. The fourth-order valence-electron chi connectivity index (χ4n) is 5.17. The van der Waals surface area contributed by atoms with E-state index in [0.717, 1.165) is 11.2 Å². The van der Waals surface area contributed by atoms with Crippen LogP contribution in [0.3, 0.4) is 0 Å². The lowest BCUT2D eigenvalue weighted by atomic mass is 9.81. The van der Waals surface area contributed by atoms with Crippen LogP contribution in [0.15, 0.2) is 77.2 Å². The normalized spacial score (nSPS) is 14.8. The van der Waals surface area contributed by atoms with E-state index >= 15 is 0 Å². The van der Waals surface area contributed by atoms with Crippen molar-refractivity contribution in [1.29, 1.82) is 0 Å². The van der Waals surface area contributed by atoms with E-state index in [4.69, 9.17) is 4.42 Å². The monoisotopic (exact) mass is 390 g/mol. The maximum absolute atomic E-state index is 6.20. The molecule has 4 aromatic carbocycles. The largest absolute Gasteiger partial charge is 0.456 e. The molecule has 0 aliphatic heterocycles. The number of benzene rings is 4. The summed E-state index contributed by atoms with van der Waals surface area (Å²) in [5, 5.41) is 5.15. The second kappa shape index (κ2) is 5.08. The van der Waals surface area contributed by atoms with Crippen LogP contribution in [0.1, 0.15) is 25.0 Å². The molecule has 1 aliphatic rings. The minimum absolute atomic E-state index is 0.0333. The van der Waals surface area contributed by atoms with Gasteiger partial charge in [0.25, 0.3) is 0 Å². The second-order valence-corrected chi connectivity index (χ2v) is 9.69. The molecule has 1 nitrogen and oxygen atoms in total. The van der Waals surface area contributed by atoms with E-state index in [1.165, 1.54) is 53.2 Å². The first kappa shape index (κ1) is 15.8. The summed E-state index contributed by atoms with van der Waals surface area (Å²) >= 11 is 1.89. The first-order chi connectivity index (χ1) is 14.1. The highest BCUT2D eigenvalue weighted by Crippen LogP contribution is 2.53. The van der Waals surface area contributed by atoms with Crippen LogP contribution >= 0.6 is 11.3 Å². The fraction of sp³-hybridized carbons (Fsp3) is 0.111.